The number of aldehydes is 1. The van der Waals surface area contributed by atoms with Gasteiger partial charge in [-0.15, -0.1) is 5.10 Å². The molecule has 104 valence electrons. The van der Waals surface area contributed by atoms with Gasteiger partial charge >= 0.3 is 0 Å². The molecular weight excluding hydrogens is 252 g/mol. The van der Waals surface area contributed by atoms with Crippen LogP contribution in [-0.2, 0) is 6.42 Å². The summed E-state index contributed by atoms with van der Waals surface area (Å²) in [5, 5.41) is 7.99. The third-order valence-electron chi connectivity index (χ3n) is 3.81. The summed E-state index contributed by atoms with van der Waals surface area (Å²) in [6.45, 7) is 4.27. The largest absolute Gasteiger partial charge is 0.372 e. The molecule has 1 saturated heterocycles. The minimum atomic E-state index is 0.427. The number of carbonyl (C=O) groups is 1. The van der Waals surface area contributed by atoms with Crippen molar-refractivity contribution in [3.63, 3.8) is 0 Å². The fourth-order valence-electron chi connectivity index (χ4n) is 2.72. The summed E-state index contributed by atoms with van der Waals surface area (Å²) in [6, 6.07) is 8.30. The van der Waals surface area contributed by atoms with Crippen molar-refractivity contribution in [2.24, 2.45) is 0 Å². The molecule has 1 aliphatic rings. The third kappa shape index (κ3) is 2.19. The predicted octanol–water partition coefficient (Wildman–Crippen LogP) is 2.24. The fraction of sp³-hybridized carbons (Fsp3) is 0.400. The topological polar surface area (TPSA) is 51.0 Å². The molecule has 0 amide bonds. The van der Waals surface area contributed by atoms with Gasteiger partial charge in [0.1, 0.15) is 5.69 Å². The molecule has 0 atom stereocenters. The molecule has 3 rings (SSSR count). The molecule has 0 radical (unpaired) electrons. The molecule has 5 nitrogen and oxygen atoms in total. The number of aromatic nitrogens is 3. The lowest BCUT2D eigenvalue weighted by Crippen LogP contribution is -2.17. The summed E-state index contributed by atoms with van der Waals surface area (Å²) < 4.78 is 1.75. The number of rotatable bonds is 4. The Hall–Kier alpha value is -2.17. The molecule has 5 heteroatoms. The van der Waals surface area contributed by atoms with E-state index < -0.39 is 0 Å². The van der Waals surface area contributed by atoms with E-state index >= 15 is 0 Å². The molecule has 1 aromatic heterocycles. The zero-order valence-electron chi connectivity index (χ0n) is 11.6. The van der Waals surface area contributed by atoms with E-state index in [0.29, 0.717) is 5.69 Å². The lowest BCUT2D eigenvalue weighted by molar-refractivity contribution is 0.111. The highest BCUT2D eigenvalue weighted by Gasteiger charge is 2.14. The van der Waals surface area contributed by atoms with Crippen LogP contribution >= 0.6 is 0 Å². The number of anilines is 1. The van der Waals surface area contributed by atoms with Gasteiger partial charge in [0.25, 0.3) is 0 Å². The molecule has 0 bridgehead atoms. The molecule has 20 heavy (non-hydrogen) atoms. The SMILES string of the molecule is CCc1c(C=O)nnn1-c1ccc(N2CCCC2)cc1. The molecule has 1 fully saturated rings. The van der Waals surface area contributed by atoms with E-state index in [0.717, 1.165) is 37.2 Å². The van der Waals surface area contributed by atoms with E-state index in [1.807, 2.05) is 19.1 Å². The first-order valence-electron chi connectivity index (χ1n) is 7.08. The lowest BCUT2D eigenvalue weighted by Gasteiger charge is -2.17. The molecule has 2 aromatic rings. The van der Waals surface area contributed by atoms with Crippen molar-refractivity contribution in [3.8, 4) is 5.69 Å². The van der Waals surface area contributed by atoms with E-state index in [9.17, 15) is 4.79 Å². The smallest absolute Gasteiger partial charge is 0.172 e. The molecule has 0 spiro atoms. The van der Waals surface area contributed by atoms with Gasteiger partial charge in [-0.1, -0.05) is 12.1 Å². The number of hydrogen-bond acceptors (Lipinski definition) is 4. The molecule has 0 N–H and O–H groups in total. The van der Waals surface area contributed by atoms with Gasteiger partial charge in [0, 0.05) is 18.8 Å². The van der Waals surface area contributed by atoms with Crippen LogP contribution in [0.4, 0.5) is 5.69 Å². The Balaban J connectivity index is 1.90. The standard InChI is InChI=1S/C15H18N4O/c1-2-15-14(11-20)16-17-19(15)13-7-5-12(6-8-13)18-9-3-4-10-18/h5-8,11H,2-4,9-10H2,1H3. The molecule has 1 aliphatic heterocycles. The van der Waals surface area contributed by atoms with Crippen LogP contribution in [0.3, 0.4) is 0 Å². The summed E-state index contributed by atoms with van der Waals surface area (Å²) in [7, 11) is 0. The van der Waals surface area contributed by atoms with Crippen molar-refractivity contribution in [2.75, 3.05) is 18.0 Å². The van der Waals surface area contributed by atoms with Crippen LogP contribution in [-0.4, -0.2) is 34.4 Å². The van der Waals surface area contributed by atoms with Gasteiger partial charge in [0.15, 0.2) is 6.29 Å². The van der Waals surface area contributed by atoms with Crippen molar-refractivity contribution >= 4 is 12.0 Å². The molecule has 0 aliphatic carbocycles. The third-order valence-corrected chi connectivity index (χ3v) is 3.81. The van der Waals surface area contributed by atoms with Crippen LogP contribution in [0.1, 0.15) is 35.9 Å². The van der Waals surface area contributed by atoms with Gasteiger partial charge in [0.05, 0.1) is 11.4 Å². The van der Waals surface area contributed by atoms with Crippen molar-refractivity contribution in [1.82, 2.24) is 15.0 Å². The van der Waals surface area contributed by atoms with Crippen molar-refractivity contribution < 1.29 is 4.79 Å². The first kappa shape index (κ1) is 12.8. The zero-order chi connectivity index (χ0) is 13.9. The number of benzene rings is 1. The Bertz CT molecular complexity index is 597. The fourth-order valence-corrected chi connectivity index (χ4v) is 2.72. The molecule has 1 aromatic carbocycles. The van der Waals surface area contributed by atoms with Crippen LogP contribution in [0.15, 0.2) is 24.3 Å². The van der Waals surface area contributed by atoms with Crippen LogP contribution in [0, 0.1) is 0 Å². The van der Waals surface area contributed by atoms with E-state index in [2.05, 4.69) is 27.3 Å². The Kier molecular flexibility index (Phi) is 3.50. The van der Waals surface area contributed by atoms with E-state index in [1.54, 1.807) is 4.68 Å². The van der Waals surface area contributed by atoms with Gasteiger partial charge in [-0.25, -0.2) is 4.68 Å². The van der Waals surface area contributed by atoms with E-state index in [1.165, 1.54) is 18.5 Å². The summed E-state index contributed by atoms with van der Waals surface area (Å²) in [5.74, 6) is 0. The Morgan fingerprint density at radius 2 is 1.80 bits per heavy atom. The highest BCUT2D eigenvalue weighted by Crippen LogP contribution is 2.22. The zero-order valence-corrected chi connectivity index (χ0v) is 11.6. The van der Waals surface area contributed by atoms with Crippen LogP contribution in [0.5, 0.6) is 0 Å². The molecule has 2 heterocycles. The number of carbonyl (C=O) groups excluding carboxylic acids is 1. The highest BCUT2D eigenvalue weighted by molar-refractivity contribution is 5.73. The molecule has 0 saturated carbocycles. The maximum atomic E-state index is 10.9. The van der Waals surface area contributed by atoms with E-state index in [4.69, 9.17) is 0 Å². The lowest BCUT2D eigenvalue weighted by atomic mass is 10.2. The summed E-state index contributed by atoms with van der Waals surface area (Å²) in [5.41, 5.74) is 3.48. The van der Waals surface area contributed by atoms with Crippen molar-refractivity contribution in [1.29, 1.82) is 0 Å². The maximum Gasteiger partial charge on any atom is 0.172 e. The second-order valence-corrected chi connectivity index (χ2v) is 5.02. The van der Waals surface area contributed by atoms with Crippen molar-refractivity contribution in [2.45, 2.75) is 26.2 Å². The van der Waals surface area contributed by atoms with Gasteiger partial charge < -0.3 is 4.90 Å². The number of hydrogen-bond donors (Lipinski definition) is 0. The molecule has 0 unspecified atom stereocenters. The van der Waals surface area contributed by atoms with Crippen LogP contribution < -0.4 is 4.90 Å². The van der Waals surface area contributed by atoms with Gasteiger partial charge in [-0.3, -0.25) is 4.79 Å². The second-order valence-electron chi connectivity index (χ2n) is 5.02. The first-order chi connectivity index (χ1) is 9.83. The van der Waals surface area contributed by atoms with E-state index in [-0.39, 0.29) is 0 Å². The quantitative estimate of drug-likeness (QED) is 0.800. The number of nitrogens with zero attached hydrogens (tertiary/aromatic N) is 4. The monoisotopic (exact) mass is 270 g/mol. The second kappa shape index (κ2) is 5.45. The minimum absolute atomic E-state index is 0.427. The normalized spacial score (nSPS) is 14.8. The Morgan fingerprint density at radius 3 is 2.40 bits per heavy atom. The average molecular weight is 270 g/mol. The van der Waals surface area contributed by atoms with Gasteiger partial charge in [-0.05, 0) is 43.5 Å². The van der Waals surface area contributed by atoms with Crippen LogP contribution in [0.2, 0.25) is 0 Å². The maximum absolute atomic E-state index is 10.9. The highest BCUT2D eigenvalue weighted by atomic mass is 16.1. The van der Waals surface area contributed by atoms with Crippen molar-refractivity contribution in [3.05, 3.63) is 35.7 Å². The summed E-state index contributed by atoms with van der Waals surface area (Å²) in [6.07, 6.45) is 4.04. The Labute approximate surface area is 118 Å². The predicted molar refractivity (Wildman–Crippen MR) is 77.6 cm³/mol. The molecular formula is C15H18N4O. The average Bonchev–Trinajstić information content (AvgIpc) is 3.16. The van der Waals surface area contributed by atoms with Crippen LogP contribution in [0.25, 0.3) is 5.69 Å². The van der Waals surface area contributed by atoms with Gasteiger partial charge in [-0.2, -0.15) is 0 Å². The summed E-state index contributed by atoms with van der Waals surface area (Å²) >= 11 is 0. The minimum Gasteiger partial charge on any atom is -0.372 e. The summed E-state index contributed by atoms with van der Waals surface area (Å²) in [4.78, 5) is 13.3. The first-order valence-corrected chi connectivity index (χ1v) is 7.08. The van der Waals surface area contributed by atoms with Gasteiger partial charge in [0.2, 0.25) is 0 Å². The Morgan fingerprint density at radius 1 is 1.15 bits per heavy atom.